The number of carbonyl (C=O) groups is 4. The molecular formula is C41H35Cl2N3O7. The molecule has 8 rings (SSSR count). The number of methoxy groups -OCH3 is 2. The van der Waals surface area contributed by atoms with Crippen LogP contribution in [0.5, 0.6) is 17.2 Å². The van der Waals surface area contributed by atoms with Crippen LogP contribution in [0.3, 0.4) is 0 Å². The maximum Gasteiger partial charge on any atom is 0.260 e. The molecule has 12 heteroatoms. The fourth-order valence-electron chi connectivity index (χ4n) is 9.11. The van der Waals surface area contributed by atoms with Crippen molar-refractivity contribution in [1.29, 1.82) is 0 Å². The van der Waals surface area contributed by atoms with Crippen molar-refractivity contribution in [1.82, 2.24) is 9.91 Å². The zero-order valence-corrected chi connectivity index (χ0v) is 30.3. The second-order valence-electron chi connectivity index (χ2n) is 13.9. The maximum atomic E-state index is 15.4. The Labute approximate surface area is 315 Å². The predicted molar refractivity (Wildman–Crippen MR) is 197 cm³/mol. The lowest BCUT2D eigenvalue weighted by Gasteiger charge is -2.50. The Morgan fingerprint density at radius 1 is 0.849 bits per heavy atom. The first-order valence-corrected chi connectivity index (χ1v) is 18.0. The van der Waals surface area contributed by atoms with Gasteiger partial charge in [0.25, 0.3) is 11.8 Å². The third-order valence-electron chi connectivity index (χ3n) is 11.4. The zero-order valence-electron chi connectivity index (χ0n) is 28.8. The second-order valence-corrected chi connectivity index (χ2v) is 14.7. The summed E-state index contributed by atoms with van der Waals surface area (Å²) >= 11 is 12.7. The molecule has 0 bridgehead atoms. The number of phenols is 1. The van der Waals surface area contributed by atoms with E-state index in [1.54, 1.807) is 49.6 Å². The number of rotatable bonds is 8. The molecular weight excluding hydrogens is 717 g/mol. The fraction of sp³-hybridized carbons (Fsp3) is 0.268. The molecule has 10 nitrogen and oxygen atoms in total. The van der Waals surface area contributed by atoms with Crippen LogP contribution in [0.2, 0.25) is 10.0 Å². The number of imide groups is 2. The van der Waals surface area contributed by atoms with E-state index in [1.807, 2.05) is 36.4 Å². The molecule has 2 aliphatic carbocycles. The lowest BCUT2D eigenvalue weighted by Crippen LogP contribution is -2.53. The molecule has 0 unspecified atom stereocenters. The first-order valence-electron chi connectivity index (χ1n) is 17.3. The van der Waals surface area contributed by atoms with Gasteiger partial charge in [0.1, 0.15) is 17.2 Å². The number of likely N-dealkylation sites (tertiary alicyclic amines) is 1. The number of ether oxygens (including phenoxy) is 2. The standard InChI is InChI=1S/C41H35Cl2N3O7/c1-52-26-12-8-23(9-13-26)41-31(38(49)46(40(41)51)44-33-17-10-24(42)18-32(33)43)20-30-27(36(41)28-14-11-25(47)19-34(28)53-2)15-16-29-35(30)39(50)45(37(29)48)21-22-6-4-3-5-7-22/h3-15,17-19,29-31,35-36,44,47H,16,20-21H2,1-2H3/t29-,30+,31-,35-,36+,41+/m0/s1. The van der Waals surface area contributed by atoms with E-state index in [0.717, 1.165) is 16.1 Å². The average molecular weight is 753 g/mol. The quantitative estimate of drug-likeness (QED) is 0.147. The van der Waals surface area contributed by atoms with Crippen molar-refractivity contribution in [2.24, 2.45) is 23.7 Å². The third kappa shape index (κ3) is 5.37. The first kappa shape index (κ1) is 34.7. The van der Waals surface area contributed by atoms with E-state index in [2.05, 4.69) is 5.43 Å². The van der Waals surface area contributed by atoms with Crippen LogP contribution in [0.4, 0.5) is 5.69 Å². The van der Waals surface area contributed by atoms with Crippen LogP contribution in [-0.2, 0) is 31.1 Å². The molecule has 53 heavy (non-hydrogen) atoms. The number of nitrogens with one attached hydrogen (secondary N) is 1. The summed E-state index contributed by atoms with van der Waals surface area (Å²) in [7, 11) is 3.02. The predicted octanol–water partition coefficient (Wildman–Crippen LogP) is 6.90. The SMILES string of the molecule is COc1ccc([C@@]23C(=O)N(Nc4ccc(Cl)cc4Cl)C(=O)[C@@H]2C[C@@H]2C(=CC[C@@H]4C(=O)N(Cc5ccccc5)C(=O)[C@@H]42)[C@@H]3c2ccc(O)cc2OC)cc1. The highest BCUT2D eigenvalue weighted by Crippen LogP contribution is 2.65. The van der Waals surface area contributed by atoms with E-state index in [1.165, 1.54) is 30.2 Å². The first-order chi connectivity index (χ1) is 25.6. The average Bonchev–Trinajstić information content (AvgIpc) is 3.53. The Morgan fingerprint density at radius 2 is 1.60 bits per heavy atom. The van der Waals surface area contributed by atoms with Gasteiger partial charge in [0.2, 0.25) is 11.8 Å². The molecule has 0 aromatic heterocycles. The number of benzene rings is 4. The number of halogens is 2. The van der Waals surface area contributed by atoms with E-state index < -0.39 is 46.8 Å². The van der Waals surface area contributed by atoms with E-state index in [-0.39, 0.29) is 42.0 Å². The minimum absolute atomic E-state index is 0.0479. The summed E-state index contributed by atoms with van der Waals surface area (Å²) in [6, 6.07) is 25.8. The highest BCUT2D eigenvalue weighted by molar-refractivity contribution is 6.36. The lowest BCUT2D eigenvalue weighted by atomic mass is 9.49. The molecule has 6 atom stereocenters. The number of fused-ring (bicyclic) bond motifs is 4. The molecule has 4 amide bonds. The minimum Gasteiger partial charge on any atom is -0.508 e. The molecule has 4 aromatic carbocycles. The van der Waals surface area contributed by atoms with Gasteiger partial charge in [-0.1, -0.05) is 83.4 Å². The van der Waals surface area contributed by atoms with Crippen molar-refractivity contribution in [3.63, 3.8) is 0 Å². The number of amides is 4. The van der Waals surface area contributed by atoms with E-state index in [0.29, 0.717) is 33.3 Å². The lowest BCUT2D eigenvalue weighted by molar-refractivity contribution is -0.142. The second kappa shape index (κ2) is 13.3. The van der Waals surface area contributed by atoms with Gasteiger partial charge in [0, 0.05) is 22.6 Å². The number of nitrogens with zero attached hydrogens (tertiary/aromatic N) is 2. The summed E-state index contributed by atoms with van der Waals surface area (Å²) in [5.41, 5.74) is 4.41. The molecule has 1 saturated carbocycles. The number of anilines is 1. The Morgan fingerprint density at radius 3 is 2.30 bits per heavy atom. The number of hydrogen-bond acceptors (Lipinski definition) is 8. The highest BCUT2D eigenvalue weighted by Gasteiger charge is 2.70. The Balaban J connectivity index is 1.33. The molecule has 0 spiro atoms. The van der Waals surface area contributed by atoms with Crippen LogP contribution < -0.4 is 14.9 Å². The molecule has 2 saturated heterocycles. The van der Waals surface area contributed by atoms with Gasteiger partial charge in [-0.25, -0.2) is 0 Å². The molecule has 2 heterocycles. The van der Waals surface area contributed by atoms with Crippen LogP contribution in [-0.4, -0.2) is 52.9 Å². The van der Waals surface area contributed by atoms with Gasteiger partial charge in [-0.15, -0.1) is 0 Å². The summed E-state index contributed by atoms with van der Waals surface area (Å²) in [6.45, 7) is 0.138. The molecule has 0 radical (unpaired) electrons. The van der Waals surface area contributed by atoms with Crippen molar-refractivity contribution >= 4 is 52.5 Å². The van der Waals surface area contributed by atoms with Crippen molar-refractivity contribution in [2.45, 2.75) is 30.7 Å². The van der Waals surface area contributed by atoms with Gasteiger partial charge in [-0.3, -0.25) is 29.5 Å². The van der Waals surface area contributed by atoms with Crippen LogP contribution in [0, 0.1) is 23.7 Å². The third-order valence-corrected chi connectivity index (χ3v) is 11.9. The van der Waals surface area contributed by atoms with Crippen LogP contribution in [0.1, 0.15) is 35.4 Å². The fourth-order valence-corrected chi connectivity index (χ4v) is 9.56. The maximum absolute atomic E-state index is 15.4. The number of phenolic OH excluding ortho intramolecular Hbond substituents is 1. The topological polar surface area (TPSA) is 125 Å². The number of allylic oxidation sites excluding steroid dienone is 2. The zero-order chi connectivity index (χ0) is 37.2. The smallest absolute Gasteiger partial charge is 0.260 e. The number of hydrazine groups is 1. The largest absolute Gasteiger partial charge is 0.508 e. The highest BCUT2D eigenvalue weighted by atomic mass is 35.5. The van der Waals surface area contributed by atoms with Crippen molar-refractivity contribution in [2.75, 3.05) is 19.6 Å². The van der Waals surface area contributed by atoms with E-state index in [4.69, 9.17) is 32.7 Å². The number of carbonyl (C=O) groups excluding carboxylic acids is 4. The van der Waals surface area contributed by atoms with Gasteiger partial charge in [-0.05, 0) is 66.3 Å². The number of hydrogen-bond donors (Lipinski definition) is 2. The molecule has 4 aliphatic rings. The summed E-state index contributed by atoms with van der Waals surface area (Å²) < 4.78 is 11.3. The van der Waals surface area contributed by atoms with Gasteiger partial charge in [-0.2, -0.15) is 5.01 Å². The molecule has 2 aliphatic heterocycles. The molecule has 4 aromatic rings. The summed E-state index contributed by atoms with van der Waals surface area (Å²) in [5, 5.41) is 12.2. The van der Waals surface area contributed by atoms with Gasteiger partial charge in [0.05, 0.1) is 54.6 Å². The van der Waals surface area contributed by atoms with Crippen molar-refractivity contribution in [3.05, 3.63) is 129 Å². The van der Waals surface area contributed by atoms with Gasteiger partial charge < -0.3 is 14.6 Å². The van der Waals surface area contributed by atoms with E-state index >= 15 is 4.79 Å². The van der Waals surface area contributed by atoms with Crippen molar-refractivity contribution < 1.29 is 33.8 Å². The monoisotopic (exact) mass is 751 g/mol. The summed E-state index contributed by atoms with van der Waals surface area (Å²) in [5.74, 6) is -4.58. The Kier molecular flexibility index (Phi) is 8.70. The normalized spacial score (nSPS) is 26.2. The van der Waals surface area contributed by atoms with Crippen molar-refractivity contribution in [3.8, 4) is 17.2 Å². The van der Waals surface area contributed by atoms with Crippen LogP contribution >= 0.6 is 23.2 Å². The van der Waals surface area contributed by atoms with Gasteiger partial charge >= 0.3 is 0 Å². The van der Waals surface area contributed by atoms with Crippen LogP contribution in [0.25, 0.3) is 0 Å². The molecule has 3 fully saturated rings. The van der Waals surface area contributed by atoms with E-state index in [9.17, 15) is 19.5 Å². The summed E-state index contributed by atoms with van der Waals surface area (Å²) in [6.07, 6.45) is 2.37. The Bertz CT molecular complexity index is 2190. The number of aromatic hydroxyl groups is 1. The minimum atomic E-state index is -1.57. The Hall–Kier alpha value is -5.32. The molecule has 270 valence electrons. The van der Waals surface area contributed by atoms with Gasteiger partial charge in [0.15, 0.2) is 0 Å². The van der Waals surface area contributed by atoms with Crippen LogP contribution in [0.15, 0.2) is 103 Å². The summed E-state index contributed by atoms with van der Waals surface area (Å²) in [4.78, 5) is 60.1. The molecule has 2 N–H and O–H groups in total.